The van der Waals surface area contributed by atoms with E-state index in [4.69, 9.17) is 11.6 Å². The number of hydrogen-bond donors (Lipinski definition) is 1. The molecular weight excluding hydrogens is 237 g/mol. The van der Waals surface area contributed by atoms with Crippen LogP contribution < -0.4 is 5.32 Å². The van der Waals surface area contributed by atoms with Crippen LogP contribution in [0, 0.1) is 17.7 Å². The van der Waals surface area contributed by atoms with Gasteiger partial charge in [-0.3, -0.25) is 0 Å². The summed E-state index contributed by atoms with van der Waals surface area (Å²) in [4.78, 5) is 0. The zero-order valence-corrected chi connectivity index (χ0v) is 11.1. The Morgan fingerprint density at radius 3 is 2.76 bits per heavy atom. The third-order valence-electron chi connectivity index (χ3n) is 3.70. The van der Waals surface area contributed by atoms with Gasteiger partial charge in [0.2, 0.25) is 0 Å². The highest BCUT2D eigenvalue weighted by molar-refractivity contribution is 6.30. The molecule has 1 aliphatic rings. The van der Waals surface area contributed by atoms with Crippen molar-refractivity contribution in [3.8, 4) is 0 Å². The fourth-order valence-electron chi connectivity index (χ4n) is 2.69. The third kappa shape index (κ3) is 3.12. The number of rotatable bonds is 2. The van der Waals surface area contributed by atoms with Crippen molar-refractivity contribution in [1.82, 2.24) is 0 Å². The molecule has 3 unspecified atom stereocenters. The standard InChI is InChI=1S/C14H19ClFN/c1-9-3-6-13(10(2)7-9)17-14-8-11(15)4-5-12(14)16/h4-5,8-10,13,17H,3,6-7H2,1-2H3. The second-order valence-electron chi connectivity index (χ2n) is 5.27. The van der Waals surface area contributed by atoms with Gasteiger partial charge in [-0.2, -0.15) is 0 Å². The maximum atomic E-state index is 13.6. The van der Waals surface area contributed by atoms with E-state index in [1.54, 1.807) is 12.1 Å². The van der Waals surface area contributed by atoms with Gasteiger partial charge in [0.05, 0.1) is 5.69 Å². The van der Waals surface area contributed by atoms with Crippen LogP contribution in [0.3, 0.4) is 0 Å². The Morgan fingerprint density at radius 1 is 1.29 bits per heavy atom. The summed E-state index contributed by atoms with van der Waals surface area (Å²) in [6, 6.07) is 5.02. The van der Waals surface area contributed by atoms with Crippen LogP contribution in [0.5, 0.6) is 0 Å². The molecule has 0 radical (unpaired) electrons. The topological polar surface area (TPSA) is 12.0 Å². The SMILES string of the molecule is CC1CCC(Nc2cc(Cl)ccc2F)C(C)C1. The Bertz CT molecular complexity index is 394. The van der Waals surface area contributed by atoms with Gasteiger partial charge in [-0.1, -0.05) is 25.4 Å². The largest absolute Gasteiger partial charge is 0.380 e. The van der Waals surface area contributed by atoms with Crippen molar-refractivity contribution in [3.63, 3.8) is 0 Å². The molecule has 3 atom stereocenters. The quantitative estimate of drug-likeness (QED) is 0.807. The molecule has 1 N–H and O–H groups in total. The molecule has 17 heavy (non-hydrogen) atoms. The van der Waals surface area contributed by atoms with Gasteiger partial charge in [-0.25, -0.2) is 4.39 Å². The second kappa shape index (κ2) is 5.26. The van der Waals surface area contributed by atoms with E-state index in [2.05, 4.69) is 19.2 Å². The first kappa shape index (κ1) is 12.7. The zero-order valence-electron chi connectivity index (χ0n) is 10.3. The Labute approximate surface area is 107 Å². The van der Waals surface area contributed by atoms with E-state index in [-0.39, 0.29) is 5.82 Å². The minimum Gasteiger partial charge on any atom is -0.380 e. The van der Waals surface area contributed by atoms with Crippen molar-refractivity contribution in [3.05, 3.63) is 29.0 Å². The van der Waals surface area contributed by atoms with Gasteiger partial charge in [0.1, 0.15) is 5.82 Å². The molecule has 1 aromatic carbocycles. The van der Waals surface area contributed by atoms with E-state index in [0.717, 1.165) is 12.3 Å². The van der Waals surface area contributed by atoms with E-state index in [0.29, 0.717) is 22.7 Å². The summed E-state index contributed by atoms with van der Waals surface area (Å²) in [6.45, 7) is 4.52. The van der Waals surface area contributed by atoms with Gasteiger partial charge >= 0.3 is 0 Å². The second-order valence-corrected chi connectivity index (χ2v) is 5.71. The van der Waals surface area contributed by atoms with Crippen LogP contribution in [0.4, 0.5) is 10.1 Å². The highest BCUT2D eigenvalue weighted by atomic mass is 35.5. The summed E-state index contributed by atoms with van der Waals surface area (Å²) in [6.07, 6.45) is 3.53. The lowest BCUT2D eigenvalue weighted by atomic mass is 9.80. The maximum absolute atomic E-state index is 13.6. The van der Waals surface area contributed by atoms with Crippen molar-refractivity contribution >= 4 is 17.3 Å². The minimum atomic E-state index is -0.222. The number of hydrogen-bond acceptors (Lipinski definition) is 1. The molecule has 0 spiro atoms. The van der Waals surface area contributed by atoms with Crippen LogP contribution in [0.25, 0.3) is 0 Å². The van der Waals surface area contributed by atoms with Gasteiger partial charge in [0.25, 0.3) is 0 Å². The van der Waals surface area contributed by atoms with Crippen molar-refractivity contribution in [2.45, 2.75) is 39.2 Å². The van der Waals surface area contributed by atoms with E-state index >= 15 is 0 Å². The maximum Gasteiger partial charge on any atom is 0.146 e. The van der Waals surface area contributed by atoms with Gasteiger partial charge in [-0.05, 0) is 49.3 Å². The zero-order chi connectivity index (χ0) is 12.4. The summed E-state index contributed by atoms with van der Waals surface area (Å²) < 4.78 is 13.6. The van der Waals surface area contributed by atoms with E-state index in [1.165, 1.54) is 18.9 Å². The molecule has 94 valence electrons. The van der Waals surface area contributed by atoms with E-state index in [9.17, 15) is 4.39 Å². The molecule has 0 aliphatic heterocycles. The molecule has 1 aliphatic carbocycles. The van der Waals surface area contributed by atoms with Crippen LogP contribution in [-0.4, -0.2) is 6.04 Å². The fourth-order valence-corrected chi connectivity index (χ4v) is 2.86. The first-order valence-electron chi connectivity index (χ1n) is 6.28. The van der Waals surface area contributed by atoms with Crippen LogP contribution in [-0.2, 0) is 0 Å². The number of benzene rings is 1. The highest BCUT2D eigenvalue weighted by Crippen LogP contribution is 2.31. The first-order chi connectivity index (χ1) is 8.06. The molecule has 0 saturated heterocycles. The van der Waals surface area contributed by atoms with Crippen molar-refractivity contribution in [2.75, 3.05) is 5.32 Å². The van der Waals surface area contributed by atoms with Crippen LogP contribution >= 0.6 is 11.6 Å². The molecule has 2 rings (SSSR count). The third-order valence-corrected chi connectivity index (χ3v) is 3.94. The normalized spacial score (nSPS) is 29.1. The smallest absolute Gasteiger partial charge is 0.146 e. The van der Waals surface area contributed by atoms with Gasteiger partial charge in [0, 0.05) is 11.1 Å². The average Bonchev–Trinajstić information content (AvgIpc) is 2.27. The highest BCUT2D eigenvalue weighted by Gasteiger charge is 2.25. The number of anilines is 1. The monoisotopic (exact) mass is 255 g/mol. The van der Waals surface area contributed by atoms with Crippen LogP contribution in [0.1, 0.15) is 33.1 Å². The lowest BCUT2D eigenvalue weighted by molar-refractivity contribution is 0.276. The van der Waals surface area contributed by atoms with E-state index in [1.807, 2.05) is 0 Å². The summed E-state index contributed by atoms with van der Waals surface area (Å²) in [7, 11) is 0. The summed E-state index contributed by atoms with van der Waals surface area (Å²) >= 11 is 5.89. The molecule has 0 aromatic heterocycles. The lowest BCUT2D eigenvalue weighted by Crippen LogP contribution is -2.33. The lowest BCUT2D eigenvalue weighted by Gasteiger charge is -2.33. The molecular formula is C14H19ClFN. The van der Waals surface area contributed by atoms with E-state index < -0.39 is 0 Å². The molecule has 1 aromatic rings. The number of halogens is 2. The Kier molecular flexibility index (Phi) is 3.93. The fraction of sp³-hybridized carbons (Fsp3) is 0.571. The summed E-state index contributed by atoms with van der Waals surface area (Å²) in [5.41, 5.74) is 0.531. The number of nitrogens with one attached hydrogen (secondary N) is 1. The average molecular weight is 256 g/mol. The molecule has 1 fully saturated rings. The molecule has 1 saturated carbocycles. The van der Waals surface area contributed by atoms with Crippen LogP contribution in [0.2, 0.25) is 5.02 Å². The summed E-state index contributed by atoms with van der Waals surface area (Å²) in [5.74, 6) is 1.14. The Hall–Kier alpha value is -0.760. The molecule has 0 amide bonds. The molecule has 1 nitrogen and oxygen atoms in total. The van der Waals surface area contributed by atoms with Crippen molar-refractivity contribution < 1.29 is 4.39 Å². The van der Waals surface area contributed by atoms with Crippen molar-refractivity contribution in [1.29, 1.82) is 0 Å². The minimum absolute atomic E-state index is 0.222. The van der Waals surface area contributed by atoms with Crippen molar-refractivity contribution in [2.24, 2.45) is 11.8 Å². The van der Waals surface area contributed by atoms with Crippen LogP contribution in [0.15, 0.2) is 18.2 Å². The van der Waals surface area contributed by atoms with Gasteiger partial charge in [-0.15, -0.1) is 0 Å². The molecule has 0 bridgehead atoms. The molecule has 3 heteroatoms. The first-order valence-corrected chi connectivity index (χ1v) is 6.65. The van der Waals surface area contributed by atoms with Gasteiger partial charge < -0.3 is 5.32 Å². The Balaban J connectivity index is 2.07. The Morgan fingerprint density at radius 2 is 2.06 bits per heavy atom. The predicted molar refractivity (Wildman–Crippen MR) is 71.0 cm³/mol. The molecule has 0 heterocycles. The predicted octanol–water partition coefficient (Wildman–Crippen LogP) is 4.72. The summed E-state index contributed by atoms with van der Waals surface area (Å²) in [5, 5.41) is 3.88. The van der Waals surface area contributed by atoms with Gasteiger partial charge in [0.15, 0.2) is 0 Å².